The van der Waals surface area contributed by atoms with Gasteiger partial charge in [0.25, 0.3) is 0 Å². The van der Waals surface area contributed by atoms with E-state index in [0.29, 0.717) is 35.1 Å². The highest BCUT2D eigenvalue weighted by molar-refractivity contribution is 8.16. The first kappa shape index (κ1) is 27.5. The number of aromatic nitrogens is 1. The minimum absolute atomic E-state index is 0.0582. The van der Waals surface area contributed by atoms with Gasteiger partial charge in [0.05, 0.1) is 12.1 Å². The van der Waals surface area contributed by atoms with Crippen LogP contribution in [0.3, 0.4) is 0 Å². The number of carbonyl (C=O) groups excluding carboxylic acids is 3. The van der Waals surface area contributed by atoms with Crippen LogP contribution in [0.4, 0.5) is 4.79 Å². The average molecular weight is 566 g/mol. The summed E-state index contributed by atoms with van der Waals surface area (Å²) in [5, 5.41) is 5.39. The summed E-state index contributed by atoms with van der Waals surface area (Å²) in [5.74, 6) is 5.73. The molecule has 1 aromatic carbocycles. The molecule has 3 heterocycles. The largest absolute Gasteiger partial charge is 0.465 e. The number of esters is 1. The Balaban J connectivity index is 1.33. The Hall–Kier alpha value is -3.58. The van der Waals surface area contributed by atoms with Crippen molar-refractivity contribution in [1.82, 2.24) is 15.0 Å². The maximum absolute atomic E-state index is 12.8. The van der Waals surface area contributed by atoms with Crippen molar-refractivity contribution in [3.63, 3.8) is 0 Å². The number of methoxy groups -OCH3 is 1. The van der Waals surface area contributed by atoms with Gasteiger partial charge in [-0.25, -0.2) is 14.8 Å². The third kappa shape index (κ3) is 7.48. The van der Waals surface area contributed by atoms with Crippen molar-refractivity contribution in [3.05, 3.63) is 97.9 Å². The molecule has 1 aliphatic rings. The van der Waals surface area contributed by atoms with Crippen LogP contribution in [0.1, 0.15) is 37.8 Å². The number of carbonyl (C=O) groups is 3. The lowest BCUT2D eigenvalue weighted by atomic mass is 10.0. The van der Waals surface area contributed by atoms with Crippen molar-refractivity contribution in [2.24, 2.45) is 0 Å². The van der Waals surface area contributed by atoms with Crippen LogP contribution in [0, 0.1) is 11.8 Å². The lowest BCUT2D eigenvalue weighted by Crippen LogP contribution is -2.45. The number of hydrogen-bond acceptors (Lipinski definition) is 8. The van der Waals surface area contributed by atoms with Crippen LogP contribution >= 0.6 is 34.7 Å². The molecule has 0 saturated carbocycles. The van der Waals surface area contributed by atoms with E-state index in [4.69, 9.17) is 16.3 Å². The van der Waals surface area contributed by atoms with Gasteiger partial charge in [-0.1, -0.05) is 35.7 Å². The lowest BCUT2D eigenvalue weighted by molar-refractivity contribution is -0.119. The zero-order valence-electron chi connectivity index (χ0n) is 20.6. The van der Waals surface area contributed by atoms with Gasteiger partial charge in [-0.05, 0) is 59.0 Å². The molecule has 38 heavy (non-hydrogen) atoms. The van der Waals surface area contributed by atoms with Gasteiger partial charge in [0.1, 0.15) is 16.4 Å². The minimum atomic E-state index is -0.443. The molecule has 0 fully saturated rings. The number of ether oxygens (including phenoxy) is 1. The Morgan fingerprint density at radius 1 is 1.11 bits per heavy atom. The number of thioether (sulfide) groups is 1. The lowest BCUT2D eigenvalue weighted by Gasteiger charge is -2.35. The average Bonchev–Trinajstić information content (AvgIpc) is 3.30. The summed E-state index contributed by atoms with van der Waals surface area (Å²) in [4.78, 5) is 42.6. The molecule has 1 aliphatic heterocycles. The van der Waals surface area contributed by atoms with Gasteiger partial charge in [0.15, 0.2) is 0 Å². The van der Waals surface area contributed by atoms with Crippen LogP contribution in [-0.2, 0) is 22.4 Å². The summed E-state index contributed by atoms with van der Waals surface area (Å²) in [5.41, 5.74) is 2.39. The molecule has 4 rings (SSSR count). The first-order valence-corrected chi connectivity index (χ1v) is 13.8. The Morgan fingerprint density at radius 2 is 1.97 bits per heavy atom. The second kappa shape index (κ2) is 13.3. The number of amides is 1. The van der Waals surface area contributed by atoms with E-state index in [0.717, 1.165) is 27.8 Å². The predicted octanol–water partition coefficient (Wildman–Crippen LogP) is 5.58. The maximum Gasteiger partial charge on any atom is 0.348 e. The van der Waals surface area contributed by atoms with Gasteiger partial charge in [-0.15, -0.1) is 11.3 Å². The molecule has 1 amide bonds. The van der Waals surface area contributed by atoms with Crippen molar-refractivity contribution in [2.75, 3.05) is 20.2 Å². The molecule has 0 saturated heterocycles. The summed E-state index contributed by atoms with van der Waals surface area (Å²) in [6, 6.07) is 14.8. The van der Waals surface area contributed by atoms with Crippen LogP contribution in [0.2, 0.25) is 5.02 Å². The molecular weight excluding hydrogens is 542 g/mol. The topological polar surface area (TPSA) is 79.8 Å². The van der Waals surface area contributed by atoms with Gasteiger partial charge in [-0.2, -0.15) is 0 Å². The van der Waals surface area contributed by atoms with Crippen molar-refractivity contribution in [3.8, 4) is 11.8 Å². The molecule has 7 nitrogen and oxygen atoms in total. The number of rotatable bonds is 9. The van der Waals surface area contributed by atoms with E-state index in [2.05, 4.69) is 16.8 Å². The summed E-state index contributed by atoms with van der Waals surface area (Å²) in [7, 11) is 1.32. The van der Waals surface area contributed by atoms with Crippen molar-refractivity contribution >= 4 is 51.7 Å². The van der Waals surface area contributed by atoms with E-state index < -0.39 is 5.97 Å². The molecule has 0 atom stereocenters. The molecule has 3 aromatic rings. The second-order valence-corrected chi connectivity index (χ2v) is 10.6. The quantitative estimate of drug-likeness (QED) is 0.247. The molecular formula is C28H24ClN3O4S2. The molecule has 2 aromatic heterocycles. The normalized spacial score (nSPS) is 12.7. The van der Waals surface area contributed by atoms with Crippen LogP contribution in [0.5, 0.6) is 0 Å². The number of nitrogens with zero attached hydrogens (tertiary/aromatic N) is 3. The first-order valence-electron chi connectivity index (χ1n) is 11.7. The third-order valence-corrected chi connectivity index (χ3v) is 7.86. The highest BCUT2D eigenvalue weighted by Crippen LogP contribution is 2.29. The number of hydrazine groups is 1. The van der Waals surface area contributed by atoms with Gasteiger partial charge in [0, 0.05) is 55.2 Å². The minimum Gasteiger partial charge on any atom is -0.465 e. The molecule has 0 radical (unpaired) electrons. The highest BCUT2D eigenvalue weighted by atomic mass is 35.5. The number of hydrogen-bond donors (Lipinski definition) is 0. The number of benzene rings is 1. The SMILES string of the molecule is COC(=O)c1cc(Cl)c(CCN2C(=O)SC=CN2CCC(=O)Cc2cccc(C#Cc3ccccn3)c2)s1. The smallest absolute Gasteiger partial charge is 0.348 e. The van der Waals surface area contributed by atoms with Crippen molar-refractivity contribution < 1.29 is 19.1 Å². The Labute approximate surface area is 234 Å². The molecule has 0 N–H and O–H groups in total. The van der Waals surface area contributed by atoms with E-state index in [1.165, 1.54) is 18.4 Å². The zero-order chi connectivity index (χ0) is 26.9. The van der Waals surface area contributed by atoms with Gasteiger partial charge in [-0.3, -0.25) is 14.6 Å². The number of ketones is 1. The van der Waals surface area contributed by atoms with E-state index in [1.54, 1.807) is 33.9 Å². The fraction of sp³-hybridized carbons (Fsp3) is 0.214. The fourth-order valence-electron chi connectivity index (χ4n) is 3.69. The van der Waals surface area contributed by atoms with E-state index >= 15 is 0 Å². The zero-order valence-corrected chi connectivity index (χ0v) is 22.9. The van der Waals surface area contributed by atoms with Crippen molar-refractivity contribution in [2.45, 2.75) is 19.3 Å². The summed E-state index contributed by atoms with van der Waals surface area (Å²) >= 11 is 8.62. The van der Waals surface area contributed by atoms with Crippen LogP contribution in [-0.4, -0.2) is 52.2 Å². The Morgan fingerprint density at radius 3 is 2.76 bits per heavy atom. The van der Waals surface area contributed by atoms with Crippen LogP contribution < -0.4 is 0 Å². The number of Topliss-reactive ketones (excluding diaryl/α,β-unsaturated/α-hetero) is 1. The molecule has 0 bridgehead atoms. The van der Waals surface area contributed by atoms with Gasteiger partial charge >= 0.3 is 11.2 Å². The highest BCUT2D eigenvalue weighted by Gasteiger charge is 2.24. The maximum atomic E-state index is 12.8. The molecule has 0 unspecified atom stereocenters. The standard InChI is InChI=1S/C28H24ClN3O4S2/c1-36-27(34)26-19-24(29)25(38-26)11-14-32-28(35)37-16-15-31(32)13-10-23(33)18-21-6-4-5-20(17-21)8-9-22-7-2-3-12-30-22/h2-7,12,15-17,19H,10-11,13-14,18H2,1H3. The summed E-state index contributed by atoms with van der Waals surface area (Å²) < 4.78 is 4.75. The molecule has 10 heteroatoms. The van der Waals surface area contributed by atoms with Crippen LogP contribution in [0.25, 0.3) is 0 Å². The second-order valence-electron chi connectivity index (χ2n) is 8.21. The summed E-state index contributed by atoms with van der Waals surface area (Å²) in [6.07, 6.45) is 4.51. The Bertz CT molecular complexity index is 1410. The number of halogens is 1. The molecule has 0 spiro atoms. The predicted molar refractivity (Wildman–Crippen MR) is 150 cm³/mol. The molecule has 0 aliphatic carbocycles. The van der Waals surface area contributed by atoms with E-state index in [1.807, 2.05) is 42.5 Å². The number of thiophene rings is 1. The Kier molecular flexibility index (Phi) is 9.60. The van der Waals surface area contributed by atoms with E-state index in [-0.39, 0.29) is 23.9 Å². The fourth-order valence-corrected chi connectivity index (χ4v) is 5.67. The van der Waals surface area contributed by atoms with Gasteiger partial charge < -0.3 is 4.74 Å². The van der Waals surface area contributed by atoms with E-state index in [9.17, 15) is 14.4 Å². The van der Waals surface area contributed by atoms with Crippen molar-refractivity contribution in [1.29, 1.82) is 0 Å². The first-order chi connectivity index (χ1) is 18.4. The van der Waals surface area contributed by atoms with Crippen LogP contribution in [0.15, 0.2) is 66.3 Å². The molecule has 194 valence electrons. The summed E-state index contributed by atoms with van der Waals surface area (Å²) in [6.45, 7) is 0.731. The number of pyridine rings is 1. The monoisotopic (exact) mass is 565 g/mol. The third-order valence-electron chi connectivity index (χ3n) is 5.57. The van der Waals surface area contributed by atoms with Gasteiger partial charge in [0.2, 0.25) is 0 Å².